The summed E-state index contributed by atoms with van der Waals surface area (Å²) in [6.07, 6.45) is -0.920. The van der Waals surface area contributed by atoms with Gasteiger partial charge in [-0.1, -0.05) is 12.1 Å². The molecular weight excluding hydrogens is 199 g/mol. The molecule has 1 aromatic rings. The Labute approximate surface area is 86.9 Å². The van der Waals surface area contributed by atoms with Crippen LogP contribution in [0.3, 0.4) is 0 Å². The molecule has 1 unspecified atom stereocenters. The second kappa shape index (κ2) is 5.43. The van der Waals surface area contributed by atoms with Crippen LogP contribution >= 0.6 is 0 Å². The van der Waals surface area contributed by atoms with Gasteiger partial charge in [-0.25, -0.2) is 4.39 Å². The van der Waals surface area contributed by atoms with Crippen molar-refractivity contribution in [1.82, 2.24) is 5.32 Å². The molecule has 1 rings (SSSR count). The first kappa shape index (κ1) is 11.6. The number of rotatable bonds is 4. The molecular formula is C10H13FN2O2. The van der Waals surface area contributed by atoms with Gasteiger partial charge in [0.25, 0.3) is 0 Å². The van der Waals surface area contributed by atoms with Crippen molar-refractivity contribution in [3.63, 3.8) is 0 Å². The largest absolute Gasteiger partial charge is 0.387 e. The van der Waals surface area contributed by atoms with Crippen LogP contribution in [0.1, 0.15) is 11.7 Å². The minimum absolute atomic E-state index is 0.0273. The Morgan fingerprint density at radius 3 is 2.93 bits per heavy atom. The van der Waals surface area contributed by atoms with Gasteiger partial charge in [0.05, 0.1) is 12.6 Å². The smallest absolute Gasteiger partial charge is 0.233 e. The minimum Gasteiger partial charge on any atom is -0.387 e. The highest BCUT2D eigenvalue weighted by Gasteiger charge is 2.09. The zero-order valence-corrected chi connectivity index (χ0v) is 8.11. The van der Waals surface area contributed by atoms with E-state index in [1.807, 2.05) is 0 Å². The zero-order chi connectivity index (χ0) is 11.3. The van der Waals surface area contributed by atoms with Crippen molar-refractivity contribution in [1.29, 1.82) is 0 Å². The molecule has 0 radical (unpaired) electrons. The summed E-state index contributed by atoms with van der Waals surface area (Å²) in [4.78, 5) is 10.8. The molecule has 0 aliphatic rings. The van der Waals surface area contributed by atoms with E-state index in [0.29, 0.717) is 5.56 Å². The molecule has 1 amide bonds. The Hall–Kier alpha value is -1.46. The fourth-order valence-corrected chi connectivity index (χ4v) is 1.11. The van der Waals surface area contributed by atoms with Gasteiger partial charge >= 0.3 is 0 Å². The Balaban J connectivity index is 2.53. The molecule has 0 saturated heterocycles. The predicted molar refractivity (Wildman–Crippen MR) is 53.4 cm³/mol. The number of halogens is 1. The maximum Gasteiger partial charge on any atom is 0.233 e. The van der Waals surface area contributed by atoms with Crippen LogP contribution in [0.15, 0.2) is 24.3 Å². The van der Waals surface area contributed by atoms with Crippen molar-refractivity contribution < 1.29 is 14.3 Å². The Kier molecular flexibility index (Phi) is 4.20. The monoisotopic (exact) mass is 212 g/mol. The summed E-state index contributed by atoms with van der Waals surface area (Å²) in [6.45, 7) is -0.102. The fourth-order valence-electron chi connectivity index (χ4n) is 1.11. The van der Waals surface area contributed by atoms with E-state index in [0.717, 1.165) is 0 Å². The van der Waals surface area contributed by atoms with Crippen molar-refractivity contribution in [2.75, 3.05) is 13.1 Å². The molecule has 4 N–H and O–H groups in total. The molecule has 0 aromatic heterocycles. The molecule has 0 spiro atoms. The lowest BCUT2D eigenvalue weighted by atomic mass is 10.1. The van der Waals surface area contributed by atoms with E-state index in [4.69, 9.17) is 5.73 Å². The quantitative estimate of drug-likeness (QED) is 0.654. The standard InChI is InChI=1S/C10H13FN2O2/c11-8-3-1-2-7(4-8)9(14)6-13-10(15)5-12/h1-4,9,14H,5-6,12H2,(H,13,15). The first-order valence-corrected chi connectivity index (χ1v) is 4.53. The third-order valence-corrected chi connectivity index (χ3v) is 1.91. The molecule has 1 atom stereocenters. The van der Waals surface area contributed by atoms with E-state index in [1.165, 1.54) is 18.2 Å². The second-order valence-corrected chi connectivity index (χ2v) is 3.08. The van der Waals surface area contributed by atoms with Crippen LogP contribution in [0.4, 0.5) is 4.39 Å². The lowest BCUT2D eigenvalue weighted by Gasteiger charge is -2.11. The van der Waals surface area contributed by atoms with Gasteiger partial charge in [0.1, 0.15) is 5.82 Å². The number of hydrogen-bond acceptors (Lipinski definition) is 3. The van der Waals surface area contributed by atoms with E-state index < -0.39 is 11.9 Å². The summed E-state index contributed by atoms with van der Waals surface area (Å²) in [5.41, 5.74) is 5.49. The van der Waals surface area contributed by atoms with Crippen LogP contribution in [-0.2, 0) is 4.79 Å². The average molecular weight is 212 g/mol. The van der Waals surface area contributed by atoms with Crippen LogP contribution in [0.5, 0.6) is 0 Å². The topological polar surface area (TPSA) is 75.4 Å². The third-order valence-electron chi connectivity index (χ3n) is 1.91. The first-order valence-electron chi connectivity index (χ1n) is 4.53. The van der Waals surface area contributed by atoms with Crippen LogP contribution in [-0.4, -0.2) is 24.1 Å². The van der Waals surface area contributed by atoms with Gasteiger partial charge in [-0.3, -0.25) is 4.79 Å². The van der Waals surface area contributed by atoms with Crippen molar-refractivity contribution in [3.8, 4) is 0 Å². The lowest BCUT2D eigenvalue weighted by Crippen LogP contribution is -2.33. The number of carbonyl (C=O) groups excluding carboxylic acids is 1. The molecule has 5 heteroatoms. The third kappa shape index (κ3) is 3.65. The molecule has 0 aliphatic carbocycles. The minimum atomic E-state index is -0.920. The molecule has 0 bridgehead atoms. The molecule has 82 valence electrons. The van der Waals surface area contributed by atoms with Crippen LogP contribution in [0.2, 0.25) is 0 Å². The van der Waals surface area contributed by atoms with Gasteiger partial charge in [0, 0.05) is 6.54 Å². The van der Waals surface area contributed by atoms with E-state index in [1.54, 1.807) is 6.07 Å². The lowest BCUT2D eigenvalue weighted by molar-refractivity contribution is -0.120. The number of nitrogens with two attached hydrogens (primary N) is 1. The summed E-state index contributed by atoms with van der Waals surface area (Å²) in [5, 5.41) is 12.0. The molecule has 15 heavy (non-hydrogen) atoms. The highest BCUT2D eigenvalue weighted by Crippen LogP contribution is 2.12. The van der Waals surface area contributed by atoms with Gasteiger partial charge in [0.15, 0.2) is 0 Å². The SMILES string of the molecule is NCC(=O)NCC(O)c1cccc(F)c1. The Morgan fingerprint density at radius 2 is 2.33 bits per heavy atom. The summed E-state index contributed by atoms with van der Waals surface area (Å²) in [7, 11) is 0. The van der Waals surface area contributed by atoms with Crippen molar-refractivity contribution in [3.05, 3.63) is 35.6 Å². The maximum absolute atomic E-state index is 12.8. The number of carbonyl (C=O) groups is 1. The molecule has 0 fully saturated rings. The number of aliphatic hydroxyl groups is 1. The van der Waals surface area contributed by atoms with Crippen LogP contribution in [0.25, 0.3) is 0 Å². The first-order chi connectivity index (χ1) is 7.13. The Morgan fingerprint density at radius 1 is 1.60 bits per heavy atom. The predicted octanol–water partition coefficient (Wildman–Crippen LogP) is -0.0660. The van der Waals surface area contributed by atoms with Crippen LogP contribution in [0, 0.1) is 5.82 Å². The molecule has 4 nitrogen and oxygen atoms in total. The molecule has 1 aromatic carbocycles. The van der Waals surface area contributed by atoms with Crippen molar-refractivity contribution >= 4 is 5.91 Å². The van der Waals surface area contributed by atoms with Gasteiger partial charge in [-0.15, -0.1) is 0 Å². The zero-order valence-electron chi connectivity index (χ0n) is 8.11. The number of amides is 1. The van der Waals surface area contributed by atoms with Gasteiger partial charge in [0.2, 0.25) is 5.91 Å². The summed E-state index contributed by atoms with van der Waals surface area (Å²) in [6, 6.07) is 5.59. The second-order valence-electron chi connectivity index (χ2n) is 3.08. The highest BCUT2D eigenvalue weighted by molar-refractivity contribution is 5.77. The normalized spacial score (nSPS) is 12.2. The van der Waals surface area contributed by atoms with E-state index in [-0.39, 0.29) is 19.0 Å². The van der Waals surface area contributed by atoms with E-state index in [2.05, 4.69) is 5.32 Å². The van der Waals surface area contributed by atoms with E-state index >= 15 is 0 Å². The number of nitrogens with one attached hydrogen (secondary N) is 1. The van der Waals surface area contributed by atoms with Crippen molar-refractivity contribution in [2.45, 2.75) is 6.10 Å². The summed E-state index contributed by atoms with van der Waals surface area (Å²) >= 11 is 0. The summed E-state index contributed by atoms with van der Waals surface area (Å²) in [5.74, 6) is -0.776. The molecule has 0 heterocycles. The highest BCUT2D eigenvalue weighted by atomic mass is 19.1. The van der Waals surface area contributed by atoms with Gasteiger partial charge < -0.3 is 16.2 Å². The van der Waals surface area contributed by atoms with Crippen molar-refractivity contribution in [2.24, 2.45) is 5.73 Å². The van der Waals surface area contributed by atoms with Gasteiger partial charge in [-0.05, 0) is 17.7 Å². The Bertz CT molecular complexity index is 344. The number of benzene rings is 1. The number of aliphatic hydroxyl groups excluding tert-OH is 1. The number of hydrogen-bond donors (Lipinski definition) is 3. The molecule has 0 saturated carbocycles. The average Bonchev–Trinajstić information content (AvgIpc) is 2.25. The van der Waals surface area contributed by atoms with Crippen LogP contribution < -0.4 is 11.1 Å². The van der Waals surface area contributed by atoms with Gasteiger partial charge in [-0.2, -0.15) is 0 Å². The van der Waals surface area contributed by atoms with E-state index in [9.17, 15) is 14.3 Å². The fraction of sp³-hybridized carbons (Fsp3) is 0.300. The molecule has 0 aliphatic heterocycles. The summed E-state index contributed by atoms with van der Waals surface area (Å²) < 4.78 is 12.8. The maximum atomic E-state index is 12.8.